The van der Waals surface area contributed by atoms with E-state index < -0.39 is 0 Å². The molecular formula is C12H17NO4. The Balaban J connectivity index is 2.45. The van der Waals surface area contributed by atoms with E-state index >= 15 is 0 Å². The van der Waals surface area contributed by atoms with Gasteiger partial charge in [0, 0.05) is 12.1 Å². The van der Waals surface area contributed by atoms with E-state index in [4.69, 9.17) is 19.0 Å². The third-order valence-electron chi connectivity index (χ3n) is 2.87. The van der Waals surface area contributed by atoms with Crippen LogP contribution in [0, 0.1) is 0 Å². The number of hydrogen-bond donors (Lipinski definition) is 1. The number of rotatable bonds is 4. The van der Waals surface area contributed by atoms with Crippen LogP contribution in [0.25, 0.3) is 0 Å². The first-order valence-corrected chi connectivity index (χ1v) is 5.42. The van der Waals surface area contributed by atoms with Crippen molar-refractivity contribution >= 4 is 0 Å². The molecule has 1 heterocycles. The van der Waals surface area contributed by atoms with Crippen LogP contribution in [0.4, 0.5) is 0 Å². The van der Waals surface area contributed by atoms with Gasteiger partial charge in [-0.3, -0.25) is 0 Å². The Kier molecular flexibility index (Phi) is 3.40. The fourth-order valence-corrected chi connectivity index (χ4v) is 2.05. The smallest absolute Gasteiger partial charge is 0.132 e. The second kappa shape index (κ2) is 4.81. The standard InChI is InChI=1S/C12H17NO4/c1-7-12(13-16-4)11-9(15-3)5-8(14-2)6-10(11)17-7/h5-7,12-13H,1-4H3. The van der Waals surface area contributed by atoms with Gasteiger partial charge in [-0.2, -0.15) is 5.48 Å². The molecule has 2 rings (SSSR count). The first kappa shape index (κ1) is 12.0. The third-order valence-corrected chi connectivity index (χ3v) is 2.87. The lowest BCUT2D eigenvalue weighted by molar-refractivity contribution is 0.0334. The number of hydroxylamine groups is 1. The van der Waals surface area contributed by atoms with E-state index in [9.17, 15) is 0 Å². The van der Waals surface area contributed by atoms with Crippen LogP contribution in [0.1, 0.15) is 18.5 Å². The summed E-state index contributed by atoms with van der Waals surface area (Å²) in [5.74, 6) is 2.22. The summed E-state index contributed by atoms with van der Waals surface area (Å²) in [5.41, 5.74) is 3.88. The third kappa shape index (κ3) is 2.03. The van der Waals surface area contributed by atoms with E-state index in [1.165, 1.54) is 0 Å². The predicted molar refractivity (Wildman–Crippen MR) is 62.5 cm³/mol. The lowest BCUT2D eigenvalue weighted by atomic mass is 10.0. The zero-order valence-electron chi connectivity index (χ0n) is 10.4. The molecule has 0 fully saturated rings. The molecule has 94 valence electrons. The summed E-state index contributed by atoms with van der Waals surface area (Å²) >= 11 is 0. The molecule has 0 aliphatic carbocycles. The number of fused-ring (bicyclic) bond motifs is 1. The van der Waals surface area contributed by atoms with Crippen molar-refractivity contribution in [3.63, 3.8) is 0 Å². The lowest BCUT2D eigenvalue weighted by Gasteiger charge is -2.16. The van der Waals surface area contributed by atoms with Gasteiger partial charge in [-0.25, -0.2) is 0 Å². The molecule has 0 saturated heterocycles. The van der Waals surface area contributed by atoms with Crippen LogP contribution in [-0.4, -0.2) is 27.4 Å². The van der Waals surface area contributed by atoms with Gasteiger partial charge in [-0.15, -0.1) is 0 Å². The van der Waals surface area contributed by atoms with Gasteiger partial charge in [0.2, 0.25) is 0 Å². The maximum Gasteiger partial charge on any atom is 0.132 e. The Bertz CT molecular complexity index is 408. The van der Waals surface area contributed by atoms with Gasteiger partial charge in [-0.05, 0) is 6.92 Å². The van der Waals surface area contributed by atoms with Gasteiger partial charge in [0.15, 0.2) is 0 Å². The number of nitrogens with one attached hydrogen (secondary N) is 1. The van der Waals surface area contributed by atoms with E-state index in [0.29, 0.717) is 5.75 Å². The van der Waals surface area contributed by atoms with Gasteiger partial charge in [0.25, 0.3) is 0 Å². The summed E-state index contributed by atoms with van der Waals surface area (Å²) in [4.78, 5) is 4.99. The number of ether oxygens (including phenoxy) is 3. The number of hydrogen-bond acceptors (Lipinski definition) is 5. The van der Waals surface area contributed by atoms with Crippen LogP contribution < -0.4 is 19.7 Å². The van der Waals surface area contributed by atoms with E-state index in [1.54, 1.807) is 21.3 Å². The highest BCUT2D eigenvalue weighted by Gasteiger charge is 2.35. The molecule has 0 saturated carbocycles. The van der Waals surface area contributed by atoms with Crippen LogP contribution in [0.15, 0.2) is 12.1 Å². The fraction of sp³-hybridized carbons (Fsp3) is 0.500. The summed E-state index contributed by atoms with van der Waals surface area (Å²) in [5, 5.41) is 0. The topological polar surface area (TPSA) is 49.0 Å². The summed E-state index contributed by atoms with van der Waals surface area (Å²) in [6.07, 6.45) is -0.0223. The molecule has 0 radical (unpaired) electrons. The molecule has 1 aromatic rings. The number of methoxy groups -OCH3 is 2. The van der Waals surface area contributed by atoms with Crippen molar-refractivity contribution in [3.8, 4) is 17.2 Å². The van der Waals surface area contributed by atoms with Crippen molar-refractivity contribution in [1.82, 2.24) is 5.48 Å². The molecule has 1 N–H and O–H groups in total. The van der Waals surface area contributed by atoms with Crippen LogP contribution in [0.5, 0.6) is 17.2 Å². The van der Waals surface area contributed by atoms with Crippen molar-refractivity contribution in [3.05, 3.63) is 17.7 Å². The zero-order chi connectivity index (χ0) is 12.4. The summed E-state index contributed by atoms with van der Waals surface area (Å²) in [7, 11) is 4.83. The monoisotopic (exact) mass is 239 g/mol. The first-order valence-electron chi connectivity index (χ1n) is 5.42. The second-order valence-electron chi connectivity index (χ2n) is 3.86. The Labute approximate surface area is 101 Å². The van der Waals surface area contributed by atoms with Crippen molar-refractivity contribution in [2.75, 3.05) is 21.3 Å². The Morgan fingerprint density at radius 2 is 1.94 bits per heavy atom. The van der Waals surface area contributed by atoms with Crippen molar-refractivity contribution in [1.29, 1.82) is 0 Å². The van der Waals surface area contributed by atoms with Crippen LogP contribution in [0.2, 0.25) is 0 Å². The Morgan fingerprint density at radius 3 is 2.53 bits per heavy atom. The minimum atomic E-state index is -0.0455. The van der Waals surface area contributed by atoms with Crippen LogP contribution in [0.3, 0.4) is 0 Å². The molecule has 0 bridgehead atoms. The predicted octanol–water partition coefficient (Wildman–Crippen LogP) is 1.68. The zero-order valence-corrected chi connectivity index (χ0v) is 10.4. The molecule has 1 aliphatic rings. The molecule has 2 atom stereocenters. The minimum Gasteiger partial charge on any atom is -0.496 e. The van der Waals surface area contributed by atoms with Crippen molar-refractivity contribution < 1.29 is 19.0 Å². The first-order chi connectivity index (χ1) is 8.21. The van der Waals surface area contributed by atoms with Gasteiger partial charge in [0.05, 0.1) is 26.9 Å². The minimum absolute atomic E-state index is 0.0223. The molecular weight excluding hydrogens is 222 g/mol. The largest absolute Gasteiger partial charge is 0.496 e. The maximum absolute atomic E-state index is 5.75. The van der Waals surface area contributed by atoms with E-state index in [0.717, 1.165) is 17.1 Å². The highest BCUT2D eigenvalue weighted by molar-refractivity contribution is 5.54. The van der Waals surface area contributed by atoms with E-state index in [-0.39, 0.29) is 12.1 Å². The summed E-state index contributed by atoms with van der Waals surface area (Å²) in [6.45, 7) is 1.97. The average Bonchev–Trinajstić information content (AvgIpc) is 2.65. The molecule has 5 heteroatoms. The van der Waals surface area contributed by atoms with Gasteiger partial charge < -0.3 is 19.0 Å². The lowest BCUT2D eigenvalue weighted by Crippen LogP contribution is -2.28. The second-order valence-corrected chi connectivity index (χ2v) is 3.86. The molecule has 1 aromatic carbocycles. The molecule has 0 amide bonds. The quantitative estimate of drug-likeness (QED) is 0.810. The Morgan fingerprint density at radius 1 is 1.18 bits per heavy atom. The van der Waals surface area contributed by atoms with E-state index in [1.807, 2.05) is 19.1 Å². The van der Waals surface area contributed by atoms with Crippen LogP contribution >= 0.6 is 0 Å². The molecule has 0 spiro atoms. The molecule has 0 aromatic heterocycles. The molecule has 5 nitrogen and oxygen atoms in total. The van der Waals surface area contributed by atoms with Crippen LogP contribution in [-0.2, 0) is 4.84 Å². The SMILES string of the molecule is CONC1c2c(OC)cc(OC)cc2OC1C. The number of benzene rings is 1. The van der Waals surface area contributed by atoms with Crippen molar-refractivity contribution in [2.45, 2.75) is 19.1 Å². The normalized spacial score (nSPS) is 21.9. The van der Waals surface area contributed by atoms with Crippen molar-refractivity contribution in [2.24, 2.45) is 0 Å². The fourth-order valence-electron chi connectivity index (χ4n) is 2.05. The highest BCUT2D eigenvalue weighted by Crippen LogP contribution is 2.45. The average molecular weight is 239 g/mol. The highest BCUT2D eigenvalue weighted by atomic mass is 16.6. The Hall–Kier alpha value is -1.46. The van der Waals surface area contributed by atoms with Gasteiger partial charge in [-0.1, -0.05) is 0 Å². The van der Waals surface area contributed by atoms with Gasteiger partial charge in [0.1, 0.15) is 29.4 Å². The van der Waals surface area contributed by atoms with E-state index in [2.05, 4.69) is 5.48 Å². The summed E-state index contributed by atoms with van der Waals surface area (Å²) in [6, 6.07) is 3.65. The maximum atomic E-state index is 5.75. The summed E-state index contributed by atoms with van der Waals surface area (Å²) < 4.78 is 16.3. The molecule has 2 unspecified atom stereocenters. The molecule has 17 heavy (non-hydrogen) atoms. The van der Waals surface area contributed by atoms with Gasteiger partial charge >= 0.3 is 0 Å². The molecule has 1 aliphatic heterocycles.